The third kappa shape index (κ3) is 4.12. The Morgan fingerprint density at radius 1 is 1.00 bits per heavy atom. The van der Waals surface area contributed by atoms with Gasteiger partial charge in [0, 0.05) is 41.2 Å². The minimum atomic E-state index is -2.95. The average Bonchev–Trinajstić information content (AvgIpc) is 3.43. The molecule has 2 fully saturated rings. The van der Waals surface area contributed by atoms with Crippen molar-refractivity contribution in [2.45, 2.75) is 43.6 Å². The number of imidazole rings is 1. The van der Waals surface area contributed by atoms with E-state index in [1.165, 1.54) is 6.07 Å². The summed E-state index contributed by atoms with van der Waals surface area (Å²) in [4.78, 5) is 16.3. The fraction of sp³-hybridized carbons (Fsp3) is 0.393. The van der Waals surface area contributed by atoms with Gasteiger partial charge in [0.2, 0.25) is 5.95 Å². The number of fused-ring (bicyclic) bond motifs is 5. The molecule has 0 amide bonds. The van der Waals surface area contributed by atoms with E-state index in [1.54, 1.807) is 37.5 Å². The zero-order valence-corrected chi connectivity index (χ0v) is 21.2. The normalized spacial score (nSPS) is 26.3. The minimum absolute atomic E-state index is 0.0922. The highest BCUT2D eigenvalue weighted by Gasteiger charge is 2.45. The van der Waals surface area contributed by atoms with Crippen LogP contribution >= 0.6 is 0 Å². The number of anilines is 1. The van der Waals surface area contributed by atoms with Crippen molar-refractivity contribution in [1.29, 1.82) is 0 Å². The van der Waals surface area contributed by atoms with Crippen molar-refractivity contribution < 1.29 is 28.1 Å². The molecule has 202 valence electrons. The van der Waals surface area contributed by atoms with Crippen molar-refractivity contribution >= 4 is 11.6 Å². The lowest BCUT2D eigenvalue weighted by Crippen LogP contribution is -2.60. The van der Waals surface area contributed by atoms with Crippen LogP contribution in [0.3, 0.4) is 0 Å². The van der Waals surface area contributed by atoms with Gasteiger partial charge in [-0.3, -0.25) is 0 Å². The van der Waals surface area contributed by atoms with Gasteiger partial charge in [-0.05, 0) is 31.5 Å². The molecule has 3 aromatic heterocycles. The molecular formula is C28H27F2N5O4. The van der Waals surface area contributed by atoms with Gasteiger partial charge >= 0.3 is 6.61 Å². The first-order chi connectivity index (χ1) is 18.9. The third-order valence-corrected chi connectivity index (χ3v) is 7.84. The third-order valence-electron chi connectivity index (χ3n) is 7.84. The monoisotopic (exact) mass is 535 g/mol. The molecule has 2 bridgehead atoms. The van der Waals surface area contributed by atoms with Crippen molar-refractivity contribution in [3.05, 3.63) is 71.9 Å². The Kier molecular flexibility index (Phi) is 5.76. The van der Waals surface area contributed by atoms with Crippen LogP contribution in [0.2, 0.25) is 0 Å². The lowest BCUT2D eigenvalue weighted by atomic mass is 9.93. The number of morpholine rings is 2. The molecule has 2 atom stereocenters. The van der Waals surface area contributed by atoms with Gasteiger partial charge in [-0.25, -0.2) is 15.0 Å². The molecule has 0 radical (unpaired) electrons. The van der Waals surface area contributed by atoms with Crippen LogP contribution in [0.25, 0.3) is 16.8 Å². The van der Waals surface area contributed by atoms with Crippen LogP contribution in [0, 0.1) is 0 Å². The largest absolute Gasteiger partial charge is 0.435 e. The number of hydrogen-bond donors (Lipinski definition) is 1. The van der Waals surface area contributed by atoms with Gasteiger partial charge in [0.25, 0.3) is 0 Å². The summed E-state index contributed by atoms with van der Waals surface area (Å²) in [5.74, 6) is 0.350. The number of aliphatic hydroxyl groups is 1. The molecule has 39 heavy (non-hydrogen) atoms. The lowest BCUT2D eigenvalue weighted by molar-refractivity contribution is -0.0506. The van der Waals surface area contributed by atoms with Gasteiger partial charge in [0.1, 0.15) is 17.0 Å². The number of halogens is 2. The second-order valence-electron chi connectivity index (χ2n) is 10.5. The maximum atomic E-state index is 13.2. The van der Waals surface area contributed by atoms with Gasteiger partial charge in [-0.15, -0.1) is 0 Å². The smallest absolute Gasteiger partial charge is 0.387 e. The van der Waals surface area contributed by atoms with Crippen molar-refractivity contribution in [2.75, 3.05) is 31.3 Å². The number of alkyl halides is 2. The second kappa shape index (κ2) is 9.22. The molecule has 9 nitrogen and oxygen atoms in total. The van der Waals surface area contributed by atoms with Crippen LogP contribution in [0.15, 0.2) is 55.0 Å². The van der Waals surface area contributed by atoms with Crippen molar-refractivity contribution in [2.24, 2.45) is 0 Å². The summed E-state index contributed by atoms with van der Waals surface area (Å²) < 4.78 is 44.5. The van der Waals surface area contributed by atoms with Crippen molar-refractivity contribution in [3.63, 3.8) is 0 Å². The first kappa shape index (κ1) is 24.4. The highest BCUT2D eigenvalue weighted by molar-refractivity contribution is 5.65. The summed E-state index contributed by atoms with van der Waals surface area (Å²) in [6.07, 6.45) is 5.82. The molecule has 3 aliphatic rings. The molecule has 7 rings (SSSR count). The molecule has 1 aliphatic carbocycles. The molecule has 2 saturated heterocycles. The van der Waals surface area contributed by atoms with Gasteiger partial charge < -0.3 is 28.6 Å². The maximum absolute atomic E-state index is 13.2. The molecular weight excluding hydrogens is 508 g/mol. The fourth-order valence-corrected chi connectivity index (χ4v) is 6.11. The van der Waals surface area contributed by atoms with E-state index in [9.17, 15) is 13.9 Å². The molecule has 2 aliphatic heterocycles. The molecule has 0 spiro atoms. The summed E-state index contributed by atoms with van der Waals surface area (Å²) in [7, 11) is 0. The van der Waals surface area contributed by atoms with Gasteiger partial charge in [-0.2, -0.15) is 8.78 Å². The maximum Gasteiger partial charge on any atom is 0.387 e. The zero-order chi connectivity index (χ0) is 26.7. The average molecular weight is 536 g/mol. The molecule has 4 aromatic rings. The summed E-state index contributed by atoms with van der Waals surface area (Å²) in [6, 6.07) is 10.7. The van der Waals surface area contributed by atoms with Crippen molar-refractivity contribution in [1.82, 2.24) is 19.4 Å². The van der Waals surface area contributed by atoms with E-state index in [0.29, 0.717) is 55.7 Å². The highest BCUT2D eigenvalue weighted by atomic mass is 19.3. The van der Waals surface area contributed by atoms with Crippen molar-refractivity contribution in [3.8, 4) is 16.9 Å². The van der Waals surface area contributed by atoms with E-state index >= 15 is 0 Å². The quantitative estimate of drug-likeness (QED) is 0.413. The number of aromatic nitrogens is 4. The first-order valence-electron chi connectivity index (χ1n) is 12.9. The van der Waals surface area contributed by atoms with Crippen LogP contribution in [0.4, 0.5) is 14.7 Å². The number of pyridine rings is 1. The fourth-order valence-electron chi connectivity index (χ4n) is 6.11. The predicted octanol–water partition coefficient (Wildman–Crippen LogP) is 3.74. The van der Waals surface area contributed by atoms with E-state index in [4.69, 9.17) is 19.2 Å². The second-order valence-corrected chi connectivity index (χ2v) is 10.5. The summed E-state index contributed by atoms with van der Waals surface area (Å²) in [6.45, 7) is 1.09. The SMILES string of the molecule is C[C@]1(O)C[C@H](c2ccccc2OC(F)F)c2c1nc1ccc(-c3cnc(N4C5COCC4COC5)nc3)cn21. The van der Waals surface area contributed by atoms with Gasteiger partial charge in [-0.1, -0.05) is 18.2 Å². The molecule has 0 saturated carbocycles. The number of hydrogen-bond acceptors (Lipinski definition) is 8. The Morgan fingerprint density at radius 3 is 2.38 bits per heavy atom. The molecule has 1 N–H and O–H groups in total. The Hall–Kier alpha value is -3.67. The summed E-state index contributed by atoms with van der Waals surface area (Å²) in [5.41, 5.74) is 2.97. The van der Waals surface area contributed by atoms with Crippen LogP contribution in [-0.4, -0.2) is 69.6 Å². The Bertz CT molecular complexity index is 1500. The molecule has 11 heteroatoms. The number of nitrogens with zero attached hydrogens (tertiary/aromatic N) is 5. The number of rotatable bonds is 5. The van der Waals surface area contributed by atoms with E-state index in [2.05, 4.69) is 14.9 Å². The minimum Gasteiger partial charge on any atom is -0.435 e. The van der Waals surface area contributed by atoms with Gasteiger partial charge in [0.05, 0.1) is 49.9 Å². The van der Waals surface area contributed by atoms with Gasteiger partial charge in [0.15, 0.2) is 0 Å². The molecule has 0 unspecified atom stereocenters. The zero-order valence-electron chi connectivity index (χ0n) is 21.2. The Labute approximate surface area is 223 Å². The first-order valence-corrected chi connectivity index (χ1v) is 12.9. The van der Waals surface area contributed by atoms with E-state index < -0.39 is 18.1 Å². The van der Waals surface area contributed by atoms with E-state index in [0.717, 1.165) is 16.8 Å². The number of ether oxygens (including phenoxy) is 3. The Balaban J connectivity index is 1.27. The summed E-state index contributed by atoms with van der Waals surface area (Å²) >= 11 is 0. The van der Waals surface area contributed by atoms with E-state index in [-0.39, 0.29) is 17.8 Å². The van der Waals surface area contributed by atoms with Crippen LogP contribution in [0.1, 0.15) is 36.2 Å². The van der Waals surface area contributed by atoms with E-state index in [1.807, 2.05) is 22.7 Å². The Morgan fingerprint density at radius 2 is 1.69 bits per heavy atom. The number of para-hydroxylation sites is 1. The summed E-state index contributed by atoms with van der Waals surface area (Å²) in [5, 5.41) is 11.3. The topological polar surface area (TPSA) is 94.2 Å². The van der Waals surface area contributed by atoms with Crippen LogP contribution < -0.4 is 9.64 Å². The predicted molar refractivity (Wildman–Crippen MR) is 137 cm³/mol. The van der Waals surface area contributed by atoms with Crippen LogP contribution in [0.5, 0.6) is 5.75 Å². The van der Waals surface area contributed by atoms with Crippen LogP contribution in [-0.2, 0) is 15.1 Å². The highest BCUT2D eigenvalue weighted by Crippen LogP contribution is 2.49. The number of benzene rings is 1. The standard InChI is InChI=1S/C28H27F2N5O4/c1-28(36)8-21(20-4-2-3-5-22(20)39-26(29)30)24-25(28)33-23-7-6-16(11-34(23)24)17-9-31-27(32-10-17)35-18-12-37-14-19(35)15-38-13-18/h2-7,9-11,18-19,21,26,36H,8,12-15H2,1H3/t18?,19?,21-,28+/m1/s1. The lowest BCUT2D eigenvalue weighted by Gasteiger charge is -2.45. The molecule has 5 heterocycles. The molecule has 1 aromatic carbocycles.